The number of guanidine groups is 1. The maximum Gasteiger partial charge on any atom is 0.191 e. The van der Waals surface area contributed by atoms with E-state index in [0.717, 1.165) is 25.5 Å². The van der Waals surface area contributed by atoms with Gasteiger partial charge in [-0.3, -0.25) is 4.99 Å². The Balaban J connectivity index is 0.00000225. The van der Waals surface area contributed by atoms with Gasteiger partial charge in [-0.2, -0.15) is 0 Å². The number of nitrogens with one attached hydrogen (secondary N) is 2. The van der Waals surface area contributed by atoms with E-state index in [9.17, 15) is 0 Å². The van der Waals surface area contributed by atoms with Crippen molar-refractivity contribution in [1.29, 1.82) is 0 Å². The van der Waals surface area contributed by atoms with Gasteiger partial charge in [0.1, 0.15) is 0 Å². The van der Waals surface area contributed by atoms with Crippen molar-refractivity contribution >= 4 is 29.9 Å². The molecule has 0 heterocycles. The number of aliphatic imine (C=N–C) groups is 1. The molecule has 2 aliphatic carbocycles. The van der Waals surface area contributed by atoms with Crippen LogP contribution in [0.3, 0.4) is 0 Å². The van der Waals surface area contributed by atoms with Gasteiger partial charge in [-0.1, -0.05) is 43.2 Å². The first kappa shape index (κ1) is 20.5. The van der Waals surface area contributed by atoms with Gasteiger partial charge >= 0.3 is 0 Å². The van der Waals surface area contributed by atoms with Gasteiger partial charge < -0.3 is 15.4 Å². The third kappa shape index (κ3) is 5.58. The molecule has 2 fully saturated rings. The van der Waals surface area contributed by atoms with Gasteiger partial charge in [-0.25, -0.2) is 0 Å². The summed E-state index contributed by atoms with van der Waals surface area (Å²) < 4.78 is 5.33. The van der Waals surface area contributed by atoms with Crippen LogP contribution in [0.2, 0.25) is 0 Å². The Morgan fingerprint density at radius 2 is 1.96 bits per heavy atom. The first-order valence-corrected chi connectivity index (χ1v) is 9.27. The molecule has 0 aromatic heterocycles. The van der Waals surface area contributed by atoms with Crippen molar-refractivity contribution in [1.82, 2.24) is 10.6 Å². The molecule has 5 heteroatoms. The van der Waals surface area contributed by atoms with E-state index in [4.69, 9.17) is 4.74 Å². The van der Waals surface area contributed by atoms with Gasteiger partial charge in [-0.15, -0.1) is 24.0 Å². The van der Waals surface area contributed by atoms with Crippen LogP contribution in [0.4, 0.5) is 0 Å². The van der Waals surface area contributed by atoms with Crippen molar-refractivity contribution in [2.75, 3.05) is 27.3 Å². The Morgan fingerprint density at radius 3 is 2.60 bits per heavy atom. The second kappa shape index (κ2) is 9.76. The fourth-order valence-corrected chi connectivity index (χ4v) is 4.02. The van der Waals surface area contributed by atoms with E-state index in [1.807, 2.05) is 7.05 Å². The average Bonchev–Trinajstić information content (AvgIpc) is 3.25. The Bertz CT molecular complexity index is 543. The summed E-state index contributed by atoms with van der Waals surface area (Å²) in [5, 5.41) is 7.18. The largest absolute Gasteiger partial charge is 0.385 e. The third-order valence-electron chi connectivity index (χ3n) is 5.70. The standard InChI is InChI=1S/C20H31N3O.HI/c1-21-19(22-15-20(12-13-24-2)10-6-7-11-20)23-18-14-17(18)16-8-4-3-5-9-16;/h3-5,8-9,17-18H,6-7,10-15H2,1-2H3,(H2,21,22,23);1H. The average molecular weight is 457 g/mol. The van der Waals surface area contributed by atoms with E-state index in [0.29, 0.717) is 17.4 Å². The lowest BCUT2D eigenvalue weighted by molar-refractivity contribution is 0.138. The van der Waals surface area contributed by atoms with Crippen LogP contribution in [0.25, 0.3) is 0 Å². The highest BCUT2D eigenvalue weighted by atomic mass is 127. The summed E-state index contributed by atoms with van der Waals surface area (Å²) in [7, 11) is 3.67. The quantitative estimate of drug-likeness (QED) is 0.371. The number of ether oxygens (including phenoxy) is 1. The fourth-order valence-electron chi connectivity index (χ4n) is 4.02. The molecular formula is C20H32IN3O. The lowest BCUT2D eigenvalue weighted by atomic mass is 9.83. The minimum atomic E-state index is 0. The predicted octanol–water partition coefficient (Wildman–Crippen LogP) is 3.92. The van der Waals surface area contributed by atoms with E-state index in [1.54, 1.807) is 7.11 Å². The molecular weight excluding hydrogens is 425 g/mol. The van der Waals surface area contributed by atoms with Crippen molar-refractivity contribution in [2.45, 2.75) is 50.5 Å². The number of hydrogen-bond acceptors (Lipinski definition) is 2. The van der Waals surface area contributed by atoms with Crippen LogP contribution in [0.1, 0.15) is 50.0 Å². The number of rotatable bonds is 7. The number of methoxy groups -OCH3 is 1. The van der Waals surface area contributed by atoms with Crippen LogP contribution >= 0.6 is 24.0 Å². The summed E-state index contributed by atoms with van der Waals surface area (Å²) in [4.78, 5) is 4.43. The van der Waals surface area contributed by atoms with E-state index < -0.39 is 0 Å². The first-order valence-electron chi connectivity index (χ1n) is 9.27. The predicted molar refractivity (Wildman–Crippen MR) is 115 cm³/mol. The molecule has 2 aliphatic rings. The van der Waals surface area contributed by atoms with Crippen molar-refractivity contribution in [3.63, 3.8) is 0 Å². The molecule has 2 N–H and O–H groups in total. The monoisotopic (exact) mass is 457 g/mol. The smallest absolute Gasteiger partial charge is 0.191 e. The Labute approximate surface area is 169 Å². The normalized spacial score (nSPS) is 24.5. The molecule has 0 bridgehead atoms. The first-order chi connectivity index (χ1) is 11.8. The van der Waals surface area contributed by atoms with E-state index in [1.165, 1.54) is 37.7 Å². The highest BCUT2D eigenvalue weighted by molar-refractivity contribution is 14.0. The Hall–Kier alpha value is -0.820. The molecule has 140 valence electrons. The van der Waals surface area contributed by atoms with Crippen molar-refractivity contribution < 1.29 is 4.74 Å². The molecule has 2 saturated carbocycles. The summed E-state index contributed by atoms with van der Waals surface area (Å²) in [6, 6.07) is 11.3. The van der Waals surface area contributed by atoms with Crippen LogP contribution in [0.5, 0.6) is 0 Å². The Kier molecular flexibility index (Phi) is 8.00. The zero-order valence-electron chi connectivity index (χ0n) is 15.5. The molecule has 2 atom stereocenters. The maximum absolute atomic E-state index is 5.33. The lowest BCUT2D eigenvalue weighted by Crippen LogP contribution is -2.44. The highest BCUT2D eigenvalue weighted by Gasteiger charge is 2.39. The molecule has 25 heavy (non-hydrogen) atoms. The molecule has 0 saturated heterocycles. The molecule has 3 rings (SSSR count). The second-order valence-corrected chi connectivity index (χ2v) is 7.38. The molecule has 2 unspecified atom stereocenters. The minimum Gasteiger partial charge on any atom is -0.385 e. The van der Waals surface area contributed by atoms with Crippen LogP contribution < -0.4 is 10.6 Å². The number of halogens is 1. The molecule has 1 aromatic rings. The summed E-state index contributed by atoms with van der Waals surface area (Å²) >= 11 is 0. The van der Waals surface area contributed by atoms with Gasteiger partial charge in [-0.05, 0) is 36.7 Å². The van der Waals surface area contributed by atoms with Crippen LogP contribution in [-0.2, 0) is 4.74 Å². The van der Waals surface area contributed by atoms with Gasteiger partial charge in [0.15, 0.2) is 5.96 Å². The molecule has 0 radical (unpaired) electrons. The SMILES string of the molecule is CN=C(NCC1(CCOC)CCCC1)NC1CC1c1ccccc1.I. The second-order valence-electron chi connectivity index (χ2n) is 7.38. The summed E-state index contributed by atoms with van der Waals surface area (Å²) in [5.41, 5.74) is 1.81. The van der Waals surface area contributed by atoms with Gasteiger partial charge in [0, 0.05) is 39.3 Å². The molecule has 4 nitrogen and oxygen atoms in total. The minimum absolute atomic E-state index is 0. The topological polar surface area (TPSA) is 45.7 Å². The summed E-state index contributed by atoms with van der Waals surface area (Å²) in [6.07, 6.45) is 7.63. The zero-order chi connectivity index (χ0) is 16.8. The third-order valence-corrected chi connectivity index (χ3v) is 5.70. The molecule has 0 aliphatic heterocycles. The molecule has 1 aromatic carbocycles. The molecule has 0 amide bonds. The van der Waals surface area contributed by atoms with Crippen molar-refractivity contribution in [3.05, 3.63) is 35.9 Å². The van der Waals surface area contributed by atoms with Crippen LogP contribution in [0.15, 0.2) is 35.3 Å². The van der Waals surface area contributed by atoms with E-state index in [2.05, 4.69) is 46.0 Å². The maximum atomic E-state index is 5.33. The van der Waals surface area contributed by atoms with Crippen molar-refractivity contribution in [3.8, 4) is 0 Å². The number of hydrogen-bond donors (Lipinski definition) is 2. The number of nitrogens with zero attached hydrogens (tertiary/aromatic N) is 1. The van der Waals surface area contributed by atoms with Crippen LogP contribution in [-0.4, -0.2) is 39.3 Å². The molecule has 0 spiro atoms. The van der Waals surface area contributed by atoms with Crippen LogP contribution in [0, 0.1) is 5.41 Å². The Morgan fingerprint density at radius 1 is 1.24 bits per heavy atom. The van der Waals surface area contributed by atoms with E-state index >= 15 is 0 Å². The summed E-state index contributed by atoms with van der Waals surface area (Å²) in [6.45, 7) is 1.85. The lowest BCUT2D eigenvalue weighted by Gasteiger charge is -2.30. The number of benzene rings is 1. The zero-order valence-corrected chi connectivity index (χ0v) is 17.8. The van der Waals surface area contributed by atoms with Gasteiger partial charge in [0.25, 0.3) is 0 Å². The van der Waals surface area contributed by atoms with Gasteiger partial charge in [0.05, 0.1) is 0 Å². The highest BCUT2D eigenvalue weighted by Crippen LogP contribution is 2.41. The summed E-state index contributed by atoms with van der Waals surface area (Å²) in [5.74, 6) is 1.57. The van der Waals surface area contributed by atoms with Gasteiger partial charge in [0.2, 0.25) is 0 Å². The fraction of sp³-hybridized carbons (Fsp3) is 0.650. The van der Waals surface area contributed by atoms with Crippen molar-refractivity contribution in [2.24, 2.45) is 10.4 Å². The van der Waals surface area contributed by atoms with E-state index in [-0.39, 0.29) is 24.0 Å².